The van der Waals surface area contributed by atoms with Gasteiger partial charge in [-0.05, 0) is 215 Å². The van der Waals surface area contributed by atoms with E-state index in [-0.39, 0.29) is 22.8 Å². The van der Waals surface area contributed by atoms with Gasteiger partial charge in [0.05, 0.1) is 53.2 Å². The average Bonchev–Trinajstić information content (AvgIpc) is 0.851. The van der Waals surface area contributed by atoms with E-state index in [0.717, 1.165) is 70.8 Å². The second-order valence-corrected chi connectivity index (χ2v) is 38.6. The Morgan fingerprint density at radius 1 is 0.369 bits per heavy atom. The van der Waals surface area contributed by atoms with Crippen molar-refractivity contribution >= 4 is 105 Å². The summed E-state index contributed by atoms with van der Waals surface area (Å²) in [4.78, 5) is 20.7. The first-order chi connectivity index (χ1) is 48.2. The third-order valence-electron chi connectivity index (χ3n) is 13.6. The zero-order chi connectivity index (χ0) is 76.9. The zero-order valence-corrected chi connectivity index (χ0v) is 63.2. The van der Waals surface area contributed by atoms with Gasteiger partial charge in [0.2, 0.25) is 0 Å². The molecule has 0 saturated carbocycles. The van der Waals surface area contributed by atoms with Crippen molar-refractivity contribution in [2.75, 3.05) is 6.61 Å². The fourth-order valence-electron chi connectivity index (χ4n) is 8.81. The normalized spacial score (nSPS) is 11.3. The van der Waals surface area contributed by atoms with Crippen molar-refractivity contribution in [1.82, 2.24) is 0 Å². The number of ether oxygens (including phenoxy) is 1. The van der Waals surface area contributed by atoms with Crippen LogP contribution in [0.2, 0.25) is 0 Å². The minimum absolute atomic E-state index is 0.0370. The first kappa shape index (κ1) is 88.5. The molecule has 10 aromatic rings. The maximum absolute atomic E-state index is 12.6. The van der Waals surface area contributed by atoms with Gasteiger partial charge in [0.25, 0.3) is 0 Å². The Kier molecular flexibility index (Phi) is 36.4. The molecule has 0 aliphatic heterocycles. The van der Waals surface area contributed by atoms with E-state index in [1.807, 2.05) is 62.4 Å². The second kappa shape index (κ2) is 42.3. The Hall–Kier alpha value is -6.87. The van der Waals surface area contributed by atoms with Gasteiger partial charge in [-0.25, -0.2) is 9.59 Å². The van der Waals surface area contributed by atoms with Gasteiger partial charge in [0.1, 0.15) is 4.03 Å². The molecule has 0 unspecified atom stereocenters. The Morgan fingerprint density at radius 2 is 0.573 bits per heavy atom. The molecule has 0 atom stereocenters. The highest BCUT2D eigenvalue weighted by Crippen LogP contribution is 2.59. The molecule has 3 N–H and O–H groups in total. The van der Waals surface area contributed by atoms with Crippen LogP contribution in [0.4, 0.5) is 70.7 Å². The van der Waals surface area contributed by atoms with Crippen molar-refractivity contribution in [2.45, 2.75) is 68.6 Å². The predicted octanol–water partition coefficient (Wildman–Crippen LogP) is 27.8. The number of benzene rings is 10. The van der Waals surface area contributed by atoms with Crippen LogP contribution < -0.4 is 0 Å². The third-order valence-corrected chi connectivity index (χ3v) is 15.0. The van der Waals surface area contributed by atoms with Crippen LogP contribution in [0.25, 0.3) is 55.6 Å². The van der Waals surface area contributed by atoms with Crippen molar-refractivity contribution in [1.29, 1.82) is 0 Å². The van der Waals surface area contributed by atoms with Gasteiger partial charge in [-0.2, -0.15) is 65.9 Å². The number of halogens is 21. The molecule has 0 aliphatic carbocycles. The molecule has 0 radical (unpaired) electrons. The number of carboxylic acid groups (broad SMARTS) is 1. The monoisotopic (exact) mass is 1800 g/mol. The van der Waals surface area contributed by atoms with E-state index in [1.165, 1.54) is 66.7 Å². The third kappa shape index (κ3) is 32.2. The average molecular weight is 1810 g/mol. The van der Waals surface area contributed by atoms with E-state index in [9.17, 15) is 75.4 Å². The molecular formula is C75H60Br5ClF15O6P. The van der Waals surface area contributed by atoms with E-state index >= 15 is 0 Å². The first-order valence-corrected chi connectivity index (χ1v) is 39.8. The summed E-state index contributed by atoms with van der Waals surface area (Å²) in [5.41, 5.74) is 5.17. The maximum atomic E-state index is 12.6. The topological polar surface area (TPSA) is 104 Å². The van der Waals surface area contributed by atoms with E-state index in [1.54, 1.807) is 78.9 Å². The molecule has 0 bridgehead atoms. The van der Waals surface area contributed by atoms with Gasteiger partial charge in [0, 0.05) is 22.3 Å². The van der Waals surface area contributed by atoms with Crippen molar-refractivity contribution in [2.24, 2.45) is 5.92 Å². The van der Waals surface area contributed by atoms with Gasteiger partial charge in [-0.1, -0.05) is 203 Å². The highest BCUT2D eigenvalue weighted by atomic mass is 80.0. The number of rotatable bonds is 12. The number of carboxylic acids is 1. The van der Waals surface area contributed by atoms with E-state index in [2.05, 4.69) is 83.1 Å². The van der Waals surface area contributed by atoms with E-state index in [4.69, 9.17) is 26.9 Å². The number of carbonyl (C=O) groups excluding carboxylic acids is 1. The molecule has 10 aromatic carbocycles. The number of hydrogen-bond acceptors (Lipinski definition) is 5. The molecule has 103 heavy (non-hydrogen) atoms. The number of aliphatic hydroxyl groups excluding tert-OH is 2. The van der Waals surface area contributed by atoms with Crippen LogP contribution in [-0.4, -0.2) is 33.3 Å². The van der Waals surface area contributed by atoms with E-state index < -0.39 is 70.1 Å². The van der Waals surface area contributed by atoms with Crippen LogP contribution in [-0.2, 0) is 59.5 Å². The Labute approximate surface area is 631 Å². The molecule has 10 rings (SSSR count). The van der Waals surface area contributed by atoms with Gasteiger partial charge >= 0.3 is 42.3 Å². The second-order valence-electron chi connectivity index (χ2n) is 21.8. The smallest absolute Gasteiger partial charge is 0.416 e. The number of aliphatic hydroxyl groups is 2. The molecule has 548 valence electrons. The summed E-state index contributed by atoms with van der Waals surface area (Å²) in [5, 5.41) is 28.2. The first-order valence-electron chi connectivity index (χ1n) is 29.8. The molecule has 0 aromatic heterocycles. The minimum atomic E-state index is -4.42. The highest BCUT2D eigenvalue weighted by Gasteiger charge is 2.34. The molecule has 28 heteroatoms. The molecule has 0 spiro atoms. The number of carbonyl (C=O) groups is 2. The molecule has 0 heterocycles. The summed E-state index contributed by atoms with van der Waals surface area (Å²) in [6.45, 7) is 4.03. The number of alkyl halides is 17. The van der Waals surface area contributed by atoms with Crippen LogP contribution in [0.15, 0.2) is 243 Å². The van der Waals surface area contributed by atoms with E-state index in [0.29, 0.717) is 78.8 Å². The standard InChI is InChI=1S/2C14H10BrF3.C14H9F3O2.2C14H11F3O.C5H9ClO2.Br3P/c2*15-9-10-3-1-4-11(7-10)12-5-2-6-13(8-12)14(16,17)18;15-14(16,17)12-6-2-4-10(8-12)9-3-1-5-11(7-9)13(18)19;2*15-14(16,17)13-6-2-5-12(8-13)11-4-1-3-10(7-11)9-18;1-4(2)3-8-5(6)7;1-4(2)3/h2*1-8H,9H2;1-8H,(H,18,19);2*1-8,18H,9H2;4H,3H2,1-2H3;. The molecular weight excluding hydrogens is 1750 g/mol. The molecule has 6 nitrogen and oxygen atoms in total. The molecule has 0 fully saturated rings. The quantitative estimate of drug-likeness (QED) is 0.0487. The predicted molar refractivity (Wildman–Crippen MR) is 394 cm³/mol. The summed E-state index contributed by atoms with van der Waals surface area (Å²) in [7, 11) is 0. The Balaban J connectivity index is 0.000000262. The van der Waals surface area contributed by atoms with Gasteiger partial charge in [0.15, 0.2) is 0 Å². The Morgan fingerprint density at radius 3 is 0.767 bits per heavy atom. The van der Waals surface area contributed by atoms with Crippen molar-refractivity contribution < 1.29 is 95.5 Å². The largest absolute Gasteiger partial charge is 0.478 e. The fourth-order valence-corrected chi connectivity index (χ4v) is 9.57. The lowest BCUT2D eigenvalue weighted by molar-refractivity contribution is -0.138. The lowest BCUT2D eigenvalue weighted by atomic mass is 10.0. The van der Waals surface area contributed by atoms with Crippen molar-refractivity contribution in [3.63, 3.8) is 0 Å². The molecule has 0 saturated heterocycles. The zero-order valence-electron chi connectivity index (χ0n) is 53.7. The van der Waals surface area contributed by atoms with Gasteiger partial charge in [-0.15, -0.1) is 0 Å². The SMILES string of the molecule is BrP(Br)Br.CC(C)COC(=O)Cl.FC(F)(F)c1cccc(-c2cccc(CBr)c2)c1.FC(F)(F)c1cccc(-c2cccc(CBr)c2)c1.O=C(O)c1cccc(-c2cccc(C(F)(F)F)c2)c1.OCc1cccc(-c2cccc(C(F)(F)F)c2)c1.OCc1cccc(-c2cccc(C(F)(F)F)c2)c1. The van der Waals surface area contributed by atoms with Crippen LogP contribution in [0, 0.1) is 5.92 Å². The summed E-state index contributed by atoms with van der Waals surface area (Å²) in [6, 6.07) is 60.2. The maximum Gasteiger partial charge on any atom is 0.416 e. The molecule has 0 amide bonds. The van der Waals surface area contributed by atoms with Crippen LogP contribution in [0.1, 0.15) is 74.3 Å². The molecule has 0 aliphatic rings. The van der Waals surface area contributed by atoms with Gasteiger partial charge in [-0.3, -0.25) is 0 Å². The number of hydrogen-bond donors (Lipinski definition) is 3. The summed E-state index contributed by atoms with van der Waals surface area (Å²) in [6.07, 6.45) is -21.7. The summed E-state index contributed by atoms with van der Waals surface area (Å²) >= 11 is 21.0. The fraction of sp³-hybridized carbons (Fsp3) is 0.173. The summed E-state index contributed by atoms with van der Waals surface area (Å²) < 4.78 is 193. The van der Waals surface area contributed by atoms with Gasteiger partial charge < -0.3 is 20.1 Å². The van der Waals surface area contributed by atoms with Crippen molar-refractivity contribution in [3.8, 4) is 55.6 Å². The minimum Gasteiger partial charge on any atom is -0.478 e. The number of aromatic carboxylic acids is 1. The van der Waals surface area contributed by atoms with Crippen LogP contribution in [0.5, 0.6) is 0 Å². The van der Waals surface area contributed by atoms with Crippen molar-refractivity contribution in [3.05, 3.63) is 298 Å². The van der Waals surface area contributed by atoms with Crippen LogP contribution >= 0.6 is 94.0 Å². The highest BCUT2D eigenvalue weighted by molar-refractivity contribution is 9.93. The lowest BCUT2D eigenvalue weighted by Gasteiger charge is -2.09. The lowest BCUT2D eigenvalue weighted by Crippen LogP contribution is -2.04. The Bertz CT molecular complexity index is 3900. The van der Waals surface area contributed by atoms with Crippen LogP contribution in [0.3, 0.4) is 0 Å². The summed E-state index contributed by atoms with van der Waals surface area (Å²) in [5.74, 6) is -0.758.